The Morgan fingerprint density at radius 1 is 1.13 bits per heavy atom. The molecule has 1 aliphatic heterocycles. The summed E-state index contributed by atoms with van der Waals surface area (Å²) in [6.07, 6.45) is 1.44. The Morgan fingerprint density at radius 2 is 1.80 bits per heavy atom. The van der Waals surface area contributed by atoms with Gasteiger partial charge in [0.2, 0.25) is 0 Å². The van der Waals surface area contributed by atoms with Crippen molar-refractivity contribution in [2.45, 2.75) is 13.8 Å². The number of benzene rings is 1. The first-order chi connectivity index (χ1) is 14.3. The summed E-state index contributed by atoms with van der Waals surface area (Å²) in [6, 6.07) is 3.02. The van der Waals surface area contributed by atoms with Crippen molar-refractivity contribution < 1.29 is 38.1 Å². The van der Waals surface area contributed by atoms with Gasteiger partial charge in [-0.3, -0.25) is 19.3 Å². The molecule has 1 saturated heterocycles. The summed E-state index contributed by atoms with van der Waals surface area (Å²) < 4.78 is 20.2. The molecule has 1 aromatic carbocycles. The third-order valence-electron chi connectivity index (χ3n) is 3.66. The molecule has 162 valence electrons. The highest BCUT2D eigenvalue weighted by Gasteiger charge is 2.36. The van der Waals surface area contributed by atoms with Gasteiger partial charge < -0.3 is 18.9 Å². The van der Waals surface area contributed by atoms with E-state index in [9.17, 15) is 19.2 Å². The zero-order valence-electron chi connectivity index (χ0n) is 16.6. The van der Waals surface area contributed by atoms with E-state index in [1.807, 2.05) is 0 Å². The van der Waals surface area contributed by atoms with E-state index in [4.69, 9.17) is 30.5 Å². The number of esters is 2. The number of hydrogen-bond donors (Lipinski definition) is 0. The van der Waals surface area contributed by atoms with Crippen molar-refractivity contribution in [3.8, 4) is 11.5 Å². The van der Waals surface area contributed by atoms with Gasteiger partial charge in [0.15, 0.2) is 18.1 Å². The maximum atomic E-state index is 12.5. The highest BCUT2D eigenvalue weighted by atomic mass is 35.5. The number of thioether (sulfide) groups is 1. The van der Waals surface area contributed by atoms with Gasteiger partial charge in [0.05, 0.1) is 30.3 Å². The average molecular weight is 458 g/mol. The molecule has 1 heterocycles. The summed E-state index contributed by atoms with van der Waals surface area (Å²) in [4.78, 5) is 48.6. The van der Waals surface area contributed by atoms with Gasteiger partial charge in [-0.15, -0.1) is 0 Å². The summed E-state index contributed by atoms with van der Waals surface area (Å²) in [5.74, 6) is -1.48. The molecule has 0 unspecified atom stereocenters. The van der Waals surface area contributed by atoms with Crippen LogP contribution in [0, 0.1) is 0 Å². The van der Waals surface area contributed by atoms with E-state index in [0.717, 1.165) is 4.90 Å². The summed E-state index contributed by atoms with van der Waals surface area (Å²) in [5.41, 5.74) is 0.460. The molecule has 0 saturated carbocycles. The second-order valence-electron chi connectivity index (χ2n) is 5.70. The summed E-state index contributed by atoms with van der Waals surface area (Å²) in [5, 5.41) is -0.442. The maximum absolute atomic E-state index is 12.5. The fraction of sp³-hybridized carbons (Fsp3) is 0.368. The predicted octanol–water partition coefficient (Wildman–Crippen LogP) is 2.89. The minimum Gasteiger partial charge on any atom is -0.493 e. The molecule has 0 atom stereocenters. The van der Waals surface area contributed by atoms with Gasteiger partial charge >= 0.3 is 11.9 Å². The molecule has 2 rings (SSSR count). The Balaban J connectivity index is 2.21. The van der Waals surface area contributed by atoms with Crippen molar-refractivity contribution in [1.82, 2.24) is 4.90 Å². The zero-order chi connectivity index (χ0) is 22.3. The SMILES string of the molecule is CCOC(=O)COc1c(Cl)cc(/C=C2\SC(=O)N(CC(=O)OCC)C2=O)cc1OC. The topological polar surface area (TPSA) is 108 Å². The van der Waals surface area contributed by atoms with Crippen LogP contribution in [0.25, 0.3) is 6.08 Å². The van der Waals surface area contributed by atoms with E-state index < -0.39 is 29.6 Å². The van der Waals surface area contributed by atoms with E-state index in [-0.39, 0.29) is 41.2 Å². The fourth-order valence-electron chi connectivity index (χ4n) is 2.42. The van der Waals surface area contributed by atoms with Gasteiger partial charge in [-0.05, 0) is 49.4 Å². The van der Waals surface area contributed by atoms with Gasteiger partial charge in [0.1, 0.15) is 6.54 Å². The number of rotatable bonds is 9. The Morgan fingerprint density at radius 3 is 2.43 bits per heavy atom. The Labute approximate surface area is 182 Å². The largest absolute Gasteiger partial charge is 0.493 e. The quantitative estimate of drug-likeness (QED) is 0.408. The first-order valence-electron chi connectivity index (χ1n) is 8.87. The van der Waals surface area contributed by atoms with Gasteiger partial charge in [0.25, 0.3) is 11.1 Å². The molecule has 9 nitrogen and oxygen atoms in total. The number of imide groups is 1. The van der Waals surface area contributed by atoms with Crippen molar-refractivity contribution in [2.75, 3.05) is 33.5 Å². The summed E-state index contributed by atoms with van der Waals surface area (Å²) in [6.45, 7) is 2.86. The molecule has 1 aromatic rings. The van der Waals surface area contributed by atoms with Crippen LogP contribution in [0.4, 0.5) is 4.79 Å². The number of nitrogens with zero attached hydrogens (tertiary/aromatic N) is 1. The zero-order valence-corrected chi connectivity index (χ0v) is 18.1. The molecular formula is C19H20ClNO8S. The van der Waals surface area contributed by atoms with Crippen molar-refractivity contribution in [3.63, 3.8) is 0 Å². The lowest BCUT2D eigenvalue weighted by molar-refractivity contribution is -0.146. The van der Waals surface area contributed by atoms with Gasteiger partial charge in [-0.2, -0.15) is 0 Å². The first kappa shape index (κ1) is 23.6. The van der Waals surface area contributed by atoms with Crippen LogP contribution in [-0.2, 0) is 23.9 Å². The number of carbonyl (C=O) groups is 4. The Kier molecular flexibility index (Phi) is 8.55. The number of amides is 2. The van der Waals surface area contributed by atoms with Crippen molar-refractivity contribution in [2.24, 2.45) is 0 Å². The van der Waals surface area contributed by atoms with Gasteiger partial charge in [-0.25, -0.2) is 4.79 Å². The van der Waals surface area contributed by atoms with E-state index in [2.05, 4.69) is 0 Å². The molecule has 1 fully saturated rings. The molecule has 0 radical (unpaired) electrons. The predicted molar refractivity (Wildman–Crippen MR) is 109 cm³/mol. The van der Waals surface area contributed by atoms with Crippen LogP contribution in [-0.4, -0.2) is 61.5 Å². The number of halogens is 1. The van der Waals surface area contributed by atoms with Crippen LogP contribution in [0.15, 0.2) is 17.0 Å². The smallest absolute Gasteiger partial charge is 0.344 e. The van der Waals surface area contributed by atoms with Crippen LogP contribution in [0.2, 0.25) is 5.02 Å². The average Bonchev–Trinajstić information content (AvgIpc) is 2.94. The normalized spacial score (nSPS) is 14.8. The van der Waals surface area contributed by atoms with E-state index in [0.29, 0.717) is 17.3 Å². The molecule has 0 spiro atoms. The summed E-state index contributed by atoms with van der Waals surface area (Å²) in [7, 11) is 1.39. The highest BCUT2D eigenvalue weighted by Crippen LogP contribution is 2.39. The van der Waals surface area contributed by atoms with Crippen molar-refractivity contribution in [3.05, 3.63) is 27.6 Å². The lowest BCUT2D eigenvalue weighted by Gasteiger charge is -2.13. The third-order valence-corrected chi connectivity index (χ3v) is 4.84. The van der Waals surface area contributed by atoms with Crippen molar-refractivity contribution >= 4 is 52.5 Å². The highest BCUT2D eigenvalue weighted by molar-refractivity contribution is 8.18. The Bertz CT molecular complexity index is 886. The first-order valence-corrected chi connectivity index (χ1v) is 10.1. The van der Waals surface area contributed by atoms with E-state index >= 15 is 0 Å². The number of hydrogen-bond acceptors (Lipinski definition) is 9. The maximum Gasteiger partial charge on any atom is 0.344 e. The molecule has 0 N–H and O–H groups in total. The minimum absolute atomic E-state index is 0.114. The summed E-state index contributed by atoms with van der Waals surface area (Å²) >= 11 is 6.93. The lowest BCUT2D eigenvalue weighted by atomic mass is 10.1. The minimum atomic E-state index is -0.672. The number of methoxy groups -OCH3 is 1. The number of carbonyl (C=O) groups excluding carboxylic acids is 4. The van der Waals surface area contributed by atoms with Crippen LogP contribution >= 0.6 is 23.4 Å². The van der Waals surface area contributed by atoms with Crippen molar-refractivity contribution in [1.29, 1.82) is 0 Å². The molecule has 0 aromatic heterocycles. The monoisotopic (exact) mass is 457 g/mol. The van der Waals surface area contributed by atoms with Crippen LogP contribution in [0.3, 0.4) is 0 Å². The van der Waals surface area contributed by atoms with Crippen LogP contribution < -0.4 is 9.47 Å². The standard InChI is InChI=1S/C19H20ClNO8S/c1-4-27-15(22)9-21-18(24)14(30-19(21)25)8-11-6-12(20)17(13(7-11)26-3)29-10-16(23)28-5-2/h6-8H,4-5,9-10H2,1-3H3/b14-8-. The van der Waals surface area contributed by atoms with E-state index in [1.54, 1.807) is 13.8 Å². The Hall–Kier alpha value is -2.72. The second-order valence-corrected chi connectivity index (χ2v) is 7.10. The second kappa shape index (κ2) is 10.9. The van der Waals surface area contributed by atoms with Gasteiger partial charge in [0, 0.05) is 0 Å². The van der Waals surface area contributed by atoms with Crippen LogP contribution in [0.1, 0.15) is 19.4 Å². The molecule has 11 heteroatoms. The van der Waals surface area contributed by atoms with E-state index in [1.165, 1.54) is 25.3 Å². The van der Waals surface area contributed by atoms with Crippen LogP contribution in [0.5, 0.6) is 11.5 Å². The molecule has 1 aliphatic rings. The third kappa shape index (κ3) is 5.90. The fourth-order valence-corrected chi connectivity index (χ4v) is 3.53. The lowest BCUT2D eigenvalue weighted by Crippen LogP contribution is -2.34. The molecule has 2 amide bonds. The van der Waals surface area contributed by atoms with Gasteiger partial charge in [-0.1, -0.05) is 11.6 Å². The molecule has 30 heavy (non-hydrogen) atoms. The number of ether oxygens (including phenoxy) is 4. The molecule has 0 bridgehead atoms. The molecule has 0 aliphatic carbocycles. The molecular weight excluding hydrogens is 438 g/mol.